The number of furan rings is 1. The summed E-state index contributed by atoms with van der Waals surface area (Å²) in [5.74, 6) is 1.31. The number of nitrogen functional groups attached to an aromatic ring is 1. The average molecular weight is 366 g/mol. The largest absolute Gasteiger partial charge is 0.446 e. The zero-order chi connectivity index (χ0) is 18.6. The van der Waals surface area contributed by atoms with Gasteiger partial charge in [0.05, 0.1) is 0 Å². The molecule has 3 nitrogen and oxygen atoms in total. The van der Waals surface area contributed by atoms with Crippen LogP contribution in [0.3, 0.4) is 0 Å². The number of anilines is 1. The van der Waals surface area contributed by atoms with Crippen LogP contribution in [0.4, 0.5) is 5.88 Å². The van der Waals surface area contributed by atoms with E-state index in [2.05, 4.69) is 81.4 Å². The molecule has 26 heavy (non-hydrogen) atoms. The number of benzene rings is 2. The first-order chi connectivity index (χ1) is 12.4. The van der Waals surface area contributed by atoms with E-state index in [1.165, 1.54) is 10.4 Å². The van der Waals surface area contributed by atoms with Crippen LogP contribution >= 0.6 is 0 Å². The normalized spacial score (nSPS) is 12.3. The third-order valence-electron chi connectivity index (χ3n) is 4.77. The molecule has 0 aliphatic rings. The van der Waals surface area contributed by atoms with E-state index in [1.807, 2.05) is 6.07 Å². The molecule has 136 valence electrons. The summed E-state index contributed by atoms with van der Waals surface area (Å²) >= 11 is 0. The van der Waals surface area contributed by atoms with Crippen LogP contribution in [-0.2, 0) is 10.8 Å². The Morgan fingerprint density at radius 3 is 1.81 bits per heavy atom. The van der Waals surface area contributed by atoms with Crippen LogP contribution < -0.4 is 16.1 Å². The average Bonchev–Trinajstić information content (AvgIpc) is 3.04. The highest BCUT2D eigenvalue weighted by atomic mass is 28.4. The van der Waals surface area contributed by atoms with E-state index in [9.17, 15) is 0 Å². The fourth-order valence-electron chi connectivity index (χ4n) is 3.60. The van der Waals surface area contributed by atoms with Gasteiger partial charge in [0, 0.05) is 19.1 Å². The Kier molecular flexibility index (Phi) is 5.35. The first kappa shape index (κ1) is 18.5. The molecule has 2 aromatic carbocycles. The fraction of sp³-hybridized carbons (Fsp3) is 0.273. The highest BCUT2D eigenvalue weighted by molar-refractivity contribution is 6.99. The van der Waals surface area contributed by atoms with Crippen molar-refractivity contribution in [3.8, 4) is 0 Å². The van der Waals surface area contributed by atoms with Crippen LogP contribution in [0.25, 0.3) is 0 Å². The molecule has 0 unspecified atom stereocenters. The van der Waals surface area contributed by atoms with Gasteiger partial charge in [0.15, 0.2) is 5.88 Å². The minimum Gasteiger partial charge on any atom is -0.446 e. The van der Waals surface area contributed by atoms with E-state index < -0.39 is 8.32 Å². The van der Waals surface area contributed by atoms with Gasteiger partial charge in [-0.2, -0.15) is 0 Å². The van der Waals surface area contributed by atoms with Crippen LogP contribution in [-0.4, -0.2) is 14.9 Å². The van der Waals surface area contributed by atoms with Crippen LogP contribution in [0.15, 0.2) is 77.2 Å². The third kappa shape index (κ3) is 3.62. The maximum absolute atomic E-state index is 6.82. The van der Waals surface area contributed by atoms with Gasteiger partial charge in [-0.15, -0.1) is 0 Å². The Hall–Kier alpha value is -2.30. The molecule has 0 amide bonds. The molecular formula is C22H27NO2Si. The van der Waals surface area contributed by atoms with Gasteiger partial charge < -0.3 is 14.6 Å². The smallest absolute Gasteiger partial charge is 0.261 e. The van der Waals surface area contributed by atoms with Gasteiger partial charge in [-0.3, -0.25) is 0 Å². The summed E-state index contributed by atoms with van der Waals surface area (Å²) in [5.41, 5.74) is 5.69. The number of nitrogens with two attached hydrogens (primary N) is 1. The van der Waals surface area contributed by atoms with Gasteiger partial charge in [0.1, 0.15) is 5.76 Å². The highest BCUT2D eigenvalue weighted by Crippen LogP contribution is 2.36. The van der Waals surface area contributed by atoms with Crippen molar-refractivity contribution < 1.29 is 8.84 Å². The van der Waals surface area contributed by atoms with Gasteiger partial charge in [-0.05, 0) is 21.5 Å². The molecule has 0 radical (unpaired) electrons. The van der Waals surface area contributed by atoms with Crippen LogP contribution in [0.5, 0.6) is 0 Å². The first-order valence-electron chi connectivity index (χ1n) is 9.03. The van der Waals surface area contributed by atoms with Gasteiger partial charge in [0.2, 0.25) is 0 Å². The number of hydrogen-bond donors (Lipinski definition) is 1. The molecule has 0 fully saturated rings. The molecule has 2 N–H and O–H groups in total. The fourth-order valence-corrected chi connectivity index (χ4v) is 8.16. The monoisotopic (exact) mass is 365 g/mol. The summed E-state index contributed by atoms with van der Waals surface area (Å²) in [6, 6.07) is 25.0. The predicted molar refractivity (Wildman–Crippen MR) is 110 cm³/mol. The minimum absolute atomic E-state index is 0.0160. The molecule has 0 atom stereocenters. The Labute approximate surface area is 156 Å². The summed E-state index contributed by atoms with van der Waals surface area (Å²) < 4.78 is 12.3. The van der Waals surface area contributed by atoms with Crippen molar-refractivity contribution >= 4 is 24.6 Å². The van der Waals surface area contributed by atoms with Crippen molar-refractivity contribution in [2.45, 2.75) is 32.2 Å². The molecule has 4 heteroatoms. The van der Waals surface area contributed by atoms with Crippen molar-refractivity contribution in [3.63, 3.8) is 0 Å². The van der Waals surface area contributed by atoms with Crippen molar-refractivity contribution in [2.24, 2.45) is 0 Å². The van der Waals surface area contributed by atoms with E-state index in [1.54, 1.807) is 6.07 Å². The Morgan fingerprint density at radius 2 is 1.38 bits per heavy atom. The van der Waals surface area contributed by atoms with E-state index >= 15 is 0 Å². The van der Waals surface area contributed by atoms with Crippen LogP contribution in [0.1, 0.15) is 26.5 Å². The zero-order valence-corrected chi connectivity index (χ0v) is 16.7. The minimum atomic E-state index is -2.47. The van der Waals surface area contributed by atoms with E-state index in [4.69, 9.17) is 14.6 Å². The zero-order valence-electron chi connectivity index (χ0n) is 15.7. The second-order valence-corrected chi connectivity index (χ2v) is 11.9. The van der Waals surface area contributed by atoms with Gasteiger partial charge >= 0.3 is 0 Å². The maximum Gasteiger partial charge on any atom is 0.261 e. The third-order valence-corrected chi connectivity index (χ3v) is 9.81. The van der Waals surface area contributed by atoms with Crippen molar-refractivity contribution in [3.05, 3.63) is 78.6 Å². The first-order valence-corrected chi connectivity index (χ1v) is 10.9. The highest BCUT2D eigenvalue weighted by Gasteiger charge is 2.49. The van der Waals surface area contributed by atoms with Crippen molar-refractivity contribution in [2.75, 3.05) is 12.3 Å². The second-order valence-electron chi connectivity index (χ2n) is 7.57. The molecule has 3 aromatic rings. The van der Waals surface area contributed by atoms with Crippen LogP contribution in [0.2, 0.25) is 5.04 Å². The van der Waals surface area contributed by atoms with E-state index in [0.29, 0.717) is 18.9 Å². The van der Waals surface area contributed by atoms with Gasteiger partial charge in [0.25, 0.3) is 8.32 Å². The molecule has 0 saturated carbocycles. The molecule has 1 heterocycles. The molecule has 0 spiro atoms. The summed E-state index contributed by atoms with van der Waals surface area (Å²) in [6.45, 7) is 7.44. The maximum atomic E-state index is 6.82. The number of rotatable bonds is 6. The molecule has 0 aliphatic heterocycles. The number of hydrogen-bond acceptors (Lipinski definition) is 3. The molecule has 0 aliphatic carbocycles. The quantitative estimate of drug-likeness (QED) is 0.672. The topological polar surface area (TPSA) is 48.4 Å². The second kappa shape index (κ2) is 7.52. The lowest BCUT2D eigenvalue weighted by Gasteiger charge is -2.43. The summed E-state index contributed by atoms with van der Waals surface area (Å²) in [4.78, 5) is 0. The predicted octanol–water partition coefficient (Wildman–Crippen LogP) is 3.98. The summed E-state index contributed by atoms with van der Waals surface area (Å²) in [7, 11) is -2.47. The van der Waals surface area contributed by atoms with Crippen molar-refractivity contribution in [1.29, 1.82) is 0 Å². The summed E-state index contributed by atoms with van der Waals surface area (Å²) in [6.07, 6.45) is 0.710. The van der Waals surface area contributed by atoms with E-state index in [-0.39, 0.29) is 5.04 Å². The lowest BCUT2D eigenvalue weighted by Crippen LogP contribution is -2.66. The molecule has 1 aromatic heterocycles. The van der Waals surface area contributed by atoms with Crippen molar-refractivity contribution in [1.82, 2.24) is 0 Å². The molecule has 0 bridgehead atoms. The molecule has 3 rings (SSSR count). The van der Waals surface area contributed by atoms with Gasteiger partial charge in [-0.1, -0.05) is 81.4 Å². The molecule has 0 saturated heterocycles. The SMILES string of the molecule is CC(C)(C)[Si](OCCc1ccc(N)o1)(c1ccccc1)c1ccccc1. The van der Waals surface area contributed by atoms with E-state index in [0.717, 1.165) is 5.76 Å². The Morgan fingerprint density at radius 1 is 0.846 bits per heavy atom. The Balaban J connectivity index is 1.99. The standard InChI is InChI=1S/C22H27NO2Si/c1-22(2,3)26(19-10-6-4-7-11-19,20-12-8-5-9-13-20)24-17-16-18-14-15-21(23)25-18/h4-15H,16-17,23H2,1-3H3. The summed E-state index contributed by atoms with van der Waals surface area (Å²) in [5, 5.41) is 2.56. The lowest BCUT2D eigenvalue weighted by atomic mass is 10.2. The lowest BCUT2D eigenvalue weighted by molar-refractivity contribution is 0.292. The molecular weight excluding hydrogens is 338 g/mol. The Bertz CT molecular complexity index is 783. The van der Waals surface area contributed by atoms with Crippen LogP contribution in [0, 0.1) is 0 Å². The van der Waals surface area contributed by atoms with Gasteiger partial charge in [-0.25, -0.2) is 0 Å².